The number of aryl methyl sites for hydroxylation is 2. The molecule has 44 heavy (non-hydrogen) atoms. The normalized spacial score (nSPS) is 14.3. The predicted octanol–water partition coefficient (Wildman–Crippen LogP) is 7.40. The second-order valence-electron chi connectivity index (χ2n) is 10.3. The molecule has 1 aliphatic rings. The first-order valence-corrected chi connectivity index (χ1v) is 14.5. The molecule has 8 nitrogen and oxygen atoms in total. The van der Waals surface area contributed by atoms with Crippen LogP contribution in [0.4, 0.5) is 5.69 Å². The third-order valence-electron chi connectivity index (χ3n) is 7.20. The van der Waals surface area contributed by atoms with Crippen LogP contribution in [0, 0.1) is 19.8 Å². The van der Waals surface area contributed by atoms with E-state index < -0.39 is 30.2 Å². The van der Waals surface area contributed by atoms with Gasteiger partial charge in [-0.3, -0.25) is 14.4 Å². The van der Waals surface area contributed by atoms with Crippen LogP contribution in [0.2, 0.25) is 10.0 Å². The van der Waals surface area contributed by atoms with Gasteiger partial charge in [0.2, 0.25) is 5.91 Å². The number of Topliss-reactive ketones (excluding diaryl/α,β-unsaturated/α-hetero) is 1. The molecule has 0 unspecified atom stereocenters. The van der Waals surface area contributed by atoms with Crippen LogP contribution < -0.4 is 14.4 Å². The first-order valence-electron chi connectivity index (χ1n) is 13.7. The van der Waals surface area contributed by atoms with Crippen LogP contribution in [0.3, 0.4) is 0 Å². The Labute approximate surface area is 264 Å². The van der Waals surface area contributed by atoms with Gasteiger partial charge in [-0.1, -0.05) is 29.3 Å². The molecular formula is C34H27Cl2NO7. The molecule has 1 aliphatic heterocycles. The molecule has 0 N–H and O–H groups in total. The molecule has 4 aromatic rings. The summed E-state index contributed by atoms with van der Waals surface area (Å²) in [7, 11) is 0. The summed E-state index contributed by atoms with van der Waals surface area (Å²) in [4.78, 5) is 52.0. The number of hydrogen-bond acceptors (Lipinski definition) is 7. The van der Waals surface area contributed by atoms with Crippen molar-refractivity contribution in [2.24, 2.45) is 5.92 Å². The van der Waals surface area contributed by atoms with E-state index in [-0.39, 0.29) is 40.8 Å². The number of anilines is 1. The second kappa shape index (κ2) is 13.3. The van der Waals surface area contributed by atoms with Gasteiger partial charge in [0.15, 0.2) is 12.4 Å². The van der Waals surface area contributed by atoms with Gasteiger partial charge < -0.3 is 19.1 Å². The predicted molar refractivity (Wildman–Crippen MR) is 166 cm³/mol. The van der Waals surface area contributed by atoms with Crippen LogP contribution in [0.25, 0.3) is 0 Å². The maximum absolute atomic E-state index is 12.7. The Morgan fingerprint density at radius 2 is 1.50 bits per heavy atom. The highest BCUT2D eigenvalue weighted by Crippen LogP contribution is 2.30. The fourth-order valence-corrected chi connectivity index (χ4v) is 5.07. The molecule has 0 spiro atoms. The molecule has 224 valence electrons. The highest BCUT2D eigenvalue weighted by Gasteiger charge is 2.36. The number of carbonyl (C=O) groups excluding carboxylic acids is 4. The Bertz CT molecular complexity index is 1740. The van der Waals surface area contributed by atoms with Crippen molar-refractivity contribution in [1.82, 2.24) is 0 Å². The minimum absolute atomic E-state index is 0.0222. The molecule has 0 aromatic heterocycles. The number of ketones is 1. The zero-order valence-corrected chi connectivity index (χ0v) is 25.4. The van der Waals surface area contributed by atoms with Crippen molar-refractivity contribution in [2.75, 3.05) is 18.1 Å². The standard InChI is InChI=1S/C34H27Cl2NO7/c1-20-3-9-28(15-21(20)2)43-26-12-7-25(8-13-26)37-18-23(16-32(37)39)33(40)42-19-31(38)22-4-10-27(11-5-22)44-34(41)29-14-6-24(35)17-30(29)36/h3-15,17,23H,16,18-19H2,1-2H3/t23-/m0/s1. The molecule has 0 aliphatic carbocycles. The van der Waals surface area contributed by atoms with E-state index in [1.165, 1.54) is 52.9 Å². The number of halogens is 2. The zero-order valence-electron chi connectivity index (χ0n) is 23.8. The first kappa shape index (κ1) is 30.8. The van der Waals surface area contributed by atoms with Gasteiger partial charge in [-0.05, 0) is 104 Å². The molecule has 0 saturated carbocycles. The quantitative estimate of drug-likeness (QED) is 0.108. The summed E-state index contributed by atoms with van der Waals surface area (Å²) >= 11 is 11.9. The molecule has 1 heterocycles. The lowest BCUT2D eigenvalue weighted by molar-refractivity contribution is -0.147. The van der Waals surface area contributed by atoms with E-state index in [1.807, 2.05) is 32.0 Å². The van der Waals surface area contributed by atoms with E-state index in [1.54, 1.807) is 24.3 Å². The molecule has 1 atom stereocenters. The van der Waals surface area contributed by atoms with Crippen LogP contribution in [-0.4, -0.2) is 36.8 Å². The molecule has 0 bridgehead atoms. The molecule has 1 saturated heterocycles. The molecule has 4 aromatic carbocycles. The fourth-order valence-electron chi connectivity index (χ4n) is 4.59. The van der Waals surface area contributed by atoms with E-state index in [0.29, 0.717) is 22.2 Å². The summed E-state index contributed by atoms with van der Waals surface area (Å²) in [5.41, 5.74) is 3.33. The van der Waals surface area contributed by atoms with Gasteiger partial charge >= 0.3 is 11.9 Å². The molecular weight excluding hydrogens is 605 g/mol. The monoisotopic (exact) mass is 631 g/mol. The smallest absolute Gasteiger partial charge is 0.345 e. The molecule has 0 radical (unpaired) electrons. The third kappa shape index (κ3) is 7.27. The van der Waals surface area contributed by atoms with E-state index in [4.69, 9.17) is 37.4 Å². The maximum Gasteiger partial charge on any atom is 0.345 e. The van der Waals surface area contributed by atoms with Crippen LogP contribution in [0.5, 0.6) is 17.2 Å². The van der Waals surface area contributed by atoms with Gasteiger partial charge in [0.1, 0.15) is 17.2 Å². The number of amides is 1. The van der Waals surface area contributed by atoms with Crippen molar-refractivity contribution >= 4 is 52.5 Å². The average Bonchev–Trinajstić information content (AvgIpc) is 3.40. The van der Waals surface area contributed by atoms with Crippen LogP contribution in [0.15, 0.2) is 84.9 Å². The zero-order chi connectivity index (χ0) is 31.4. The Morgan fingerprint density at radius 3 is 2.18 bits per heavy atom. The van der Waals surface area contributed by atoms with Gasteiger partial charge in [-0.2, -0.15) is 0 Å². The Morgan fingerprint density at radius 1 is 0.818 bits per heavy atom. The van der Waals surface area contributed by atoms with Gasteiger partial charge in [0.25, 0.3) is 0 Å². The number of benzene rings is 4. The van der Waals surface area contributed by atoms with Crippen LogP contribution in [0.1, 0.15) is 38.3 Å². The van der Waals surface area contributed by atoms with Gasteiger partial charge in [-0.25, -0.2) is 4.79 Å². The van der Waals surface area contributed by atoms with E-state index in [9.17, 15) is 19.2 Å². The number of nitrogens with zero attached hydrogens (tertiary/aromatic N) is 1. The minimum atomic E-state index is -0.705. The van der Waals surface area contributed by atoms with Crippen molar-refractivity contribution in [2.45, 2.75) is 20.3 Å². The molecule has 10 heteroatoms. The minimum Gasteiger partial charge on any atom is -0.457 e. The second-order valence-corrected chi connectivity index (χ2v) is 11.2. The SMILES string of the molecule is Cc1ccc(Oc2ccc(N3C[C@@H](C(=O)OCC(=O)c4ccc(OC(=O)c5ccc(Cl)cc5Cl)cc4)CC3=O)cc2)cc1C. The lowest BCUT2D eigenvalue weighted by Gasteiger charge is -2.17. The van der Waals surface area contributed by atoms with Crippen molar-refractivity contribution in [3.05, 3.63) is 117 Å². The van der Waals surface area contributed by atoms with Crippen LogP contribution in [-0.2, 0) is 14.3 Å². The van der Waals surface area contributed by atoms with Gasteiger partial charge in [0.05, 0.1) is 16.5 Å². The number of esters is 2. The number of ether oxygens (including phenoxy) is 3. The Hall–Kier alpha value is -4.66. The summed E-state index contributed by atoms with van der Waals surface area (Å²) in [6, 6.07) is 23.1. The first-order chi connectivity index (χ1) is 21.1. The molecule has 1 amide bonds. The van der Waals surface area contributed by atoms with E-state index >= 15 is 0 Å². The topological polar surface area (TPSA) is 99.2 Å². The lowest BCUT2D eigenvalue weighted by atomic mass is 10.1. The summed E-state index contributed by atoms with van der Waals surface area (Å²) in [5, 5.41) is 0.539. The highest BCUT2D eigenvalue weighted by molar-refractivity contribution is 6.36. The van der Waals surface area contributed by atoms with Crippen molar-refractivity contribution < 1.29 is 33.4 Å². The summed E-state index contributed by atoms with van der Waals surface area (Å²) < 4.78 is 16.5. The fraction of sp³-hybridized carbons (Fsp3) is 0.176. The lowest BCUT2D eigenvalue weighted by Crippen LogP contribution is -2.27. The number of hydrogen-bond donors (Lipinski definition) is 0. The van der Waals surface area contributed by atoms with E-state index in [0.717, 1.165) is 5.56 Å². The van der Waals surface area contributed by atoms with Gasteiger partial charge in [-0.15, -0.1) is 0 Å². The Kier molecular flexibility index (Phi) is 9.32. The third-order valence-corrected chi connectivity index (χ3v) is 7.75. The summed E-state index contributed by atoms with van der Waals surface area (Å²) in [6.45, 7) is 3.69. The number of carbonyl (C=O) groups is 4. The summed E-state index contributed by atoms with van der Waals surface area (Å²) in [6.07, 6.45) is -0.0222. The summed E-state index contributed by atoms with van der Waals surface area (Å²) in [5.74, 6) is -1.14. The van der Waals surface area contributed by atoms with Crippen molar-refractivity contribution in [1.29, 1.82) is 0 Å². The van der Waals surface area contributed by atoms with Gasteiger partial charge in [0, 0.05) is 29.2 Å². The van der Waals surface area contributed by atoms with Crippen molar-refractivity contribution in [3.63, 3.8) is 0 Å². The molecule has 1 fully saturated rings. The number of rotatable bonds is 9. The van der Waals surface area contributed by atoms with Crippen molar-refractivity contribution in [3.8, 4) is 17.2 Å². The average molecular weight is 632 g/mol. The van der Waals surface area contributed by atoms with Crippen LogP contribution >= 0.6 is 23.2 Å². The maximum atomic E-state index is 12.7. The molecule has 5 rings (SSSR count). The van der Waals surface area contributed by atoms with E-state index in [2.05, 4.69) is 0 Å². The largest absolute Gasteiger partial charge is 0.457 e. The highest BCUT2D eigenvalue weighted by atomic mass is 35.5. The Balaban J connectivity index is 1.11.